The van der Waals surface area contributed by atoms with Gasteiger partial charge in [-0.2, -0.15) is 5.10 Å². The molecule has 25 heavy (non-hydrogen) atoms. The molecule has 0 bridgehead atoms. The van der Waals surface area contributed by atoms with Crippen LogP contribution in [-0.2, 0) is 27.7 Å². The van der Waals surface area contributed by atoms with Crippen molar-refractivity contribution in [2.75, 3.05) is 7.05 Å². The predicted octanol–water partition coefficient (Wildman–Crippen LogP) is 1.31. The third-order valence-corrected chi connectivity index (χ3v) is 5.26. The van der Waals surface area contributed by atoms with Gasteiger partial charge in [0.05, 0.1) is 10.6 Å². The van der Waals surface area contributed by atoms with Crippen molar-refractivity contribution in [3.63, 3.8) is 0 Å². The van der Waals surface area contributed by atoms with Crippen LogP contribution in [-0.4, -0.2) is 37.6 Å². The lowest BCUT2D eigenvalue weighted by atomic mass is 10.1. The molecule has 0 fully saturated rings. The van der Waals surface area contributed by atoms with Crippen molar-refractivity contribution < 1.29 is 13.2 Å². The number of amides is 1. The predicted molar refractivity (Wildman–Crippen MR) is 95.6 cm³/mol. The van der Waals surface area contributed by atoms with E-state index in [4.69, 9.17) is 0 Å². The first-order chi connectivity index (χ1) is 11.8. The summed E-state index contributed by atoms with van der Waals surface area (Å²) in [6, 6.07) is 8.51. The fourth-order valence-corrected chi connectivity index (χ4v) is 3.23. The van der Waals surface area contributed by atoms with Crippen molar-refractivity contribution in [2.24, 2.45) is 0 Å². The Morgan fingerprint density at radius 3 is 2.52 bits per heavy atom. The average molecular weight is 364 g/mol. The van der Waals surface area contributed by atoms with Gasteiger partial charge in [-0.3, -0.25) is 9.89 Å². The Hall–Kier alpha value is -2.19. The van der Waals surface area contributed by atoms with Crippen molar-refractivity contribution >= 4 is 15.9 Å². The second-order valence-corrected chi connectivity index (χ2v) is 7.95. The molecule has 3 N–H and O–H groups in total. The van der Waals surface area contributed by atoms with E-state index in [-0.39, 0.29) is 16.8 Å². The Morgan fingerprint density at radius 2 is 1.96 bits per heavy atom. The van der Waals surface area contributed by atoms with Crippen LogP contribution >= 0.6 is 0 Å². The molecule has 1 atom stereocenters. The number of H-pyrrole nitrogens is 1. The Labute approximate surface area is 148 Å². The fourth-order valence-electron chi connectivity index (χ4n) is 2.50. The van der Waals surface area contributed by atoms with Gasteiger partial charge in [-0.25, -0.2) is 13.1 Å². The average Bonchev–Trinajstić information content (AvgIpc) is 2.98. The number of aromatic amines is 1. The number of hydrogen-bond donors (Lipinski definition) is 3. The highest BCUT2D eigenvalue weighted by molar-refractivity contribution is 7.89. The van der Waals surface area contributed by atoms with Gasteiger partial charge in [-0.15, -0.1) is 0 Å². The minimum Gasteiger partial charge on any atom is -0.353 e. The molecule has 136 valence electrons. The normalized spacial score (nSPS) is 12.8. The van der Waals surface area contributed by atoms with E-state index in [9.17, 15) is 13.2 Å². The molecular formula is C17H24N4O3S. The number of benzene rings is 1. The molecule has 2 rings (SSSR count). The van der Waals surface area contributed by atoms with Gasteiger partial charge < -0.3 is 5.32 Å². The summed E-state index contributed by atoms with van der Waals surface area (Å²) >= 11 is 0. The van der Waals surface area contributed by atoms with Crippen LogP contribution in [0, 0.1) is 6.92 Å². The summed E-state index contributed by atoms with van der Waals surface area (Å²) < 4.78 is 25.6. The number of nitrogens with one attached hydrogen (secondary N) is 3. The standard InChI is InChI=1S/C17H24N4O3S/c1-12(10-15-11-13(2)20-21-15)19-17(22)9-6-14-4-7-16(8-5-14)25(23,24)18-3/h4-5,7-8,11-12,18H,6,9-10H2,1-3H3,(H,19,22)(H,20,21)/t12-/m0/s1. The van der Waals surface area contributed by atoms with E-state index in [0.717, 1.165) is 17.0 Å². The first-order valence-electron chi connectivity index (χ1n) is 8.13. The third kappa shape index (κ3) is 5.68. The second kappa shape index (κ2) is 8.26. The number of nitrogens with zero attached hydrogens (tertiary/aromatic N) is 1. The topological polar surface area (TPSA) is 104 Å². The SMILES string of the molecule is CNS(=O)(=O)c1ccc(CCC(=O)N[C@@H](C)Cc2cc(C)[nH]n2)cc1. The van der Waals surface area contributed by atoms with Crippen molar-refractivity contribution in [2.45, 2.75) is 44.0 Å². The molecule has 1 amide bonds. The Balaban J connectivity index is 1.81. The van der Waals surface area contributed by atoms with Crippen molar-refractivity contribution in [3.05, 3.63) is 47.3 Å². The van der Waals surface area contributed by atoms with Crippen LogP contribution < -0.4 is 10.0 Å². The summed E-state index contributed by atoms with van der Waals surface area (Å²) in [4.78, 5) is 12.3. The maximum absolute atomic E-state index is 12.0. The van der Waals surface area contributed by atoms with Gasteiger partial charge in [0.15, 0.2) is 0 Å². The van der Waals surface area contributed by atoms with E-state index in [0.29, 0.717) is 19.3 Å². The lowest BCUT2D eigenvalue weighted by molar-refractivity contribution is -0.121. The molecule has 1 aromatic carbocycles. The quantitative estimate of drug-likeness (QED) is 0.657. The number of rotatable bonds is 8. The van der Waals surface area contributed by atoms with Crippen LogP contribution in [0.5, 0.6) is 0 Å². The highest BCUT2D eigenvalue weighted by atomic mass is 32.2. The van der Waals surface area contributed by atoms with Gasteiger partial charge in [0, 0.05) is 24.6 Å². The molecular weight excluding hydrogens is 340 g/mol. The third-order valence-electron chi connectivity index (χ3n) is 3.82. The maximum atomic E-state index is 12.0. The van der Waals surface area contributed by atoms with Crippen LogP contribution in [0.3, 0.4) is 0 Å². The molecule has 0 saturated heterocycles. The molecule has 0 saturated carbocycles. The van der Waals surface area contributed by atoms with Crippen molar-refractivity contribution in [3.8, 4) is 0 Å². The molecule has 7 nitrogen and oxygen atoms in total. The van der Waals surface area contributed by atoms with E-state index >= 15 is 0 Å². The van der Waals surface area contributed by atoms with Crippen LogP contribution in [0.1, 0.15) is 30.3 Å². The number of aryl methyl sites for hydroxylation is 2. The van der Waals surface area contributed by atoms with Crippen LogP contribution in [0.15, 0.2) is 35.2 Å². The van der Waals surface area contributed by atoms with Gasteiger partial charge in [0.2, 0.25) is 15.9 Å². The zero-order valence-corrected chi connectivity index (χ0v) is 15.5. The number of carbonyl (C=O) groups excluding carboxylic acids is 1. The number of carbonyl (C=O) groups is 1. The van der Waals surface area contributed by atoms with Gasteiger partial charge in [0.1, 0.15) is 0 Å². The summed E-state index contributed by atoms with van der Waals surface area (Å²) in [7, 11) is -2.05. The molecule has 1 aromatic heterocycles. The lowest BCUT2D eigenvalue weighted by Gasteiger charge is -2.12. The van der Waals surface area contributed by atoms with Crippen LogP contribution in [0.4, 0.5) is 0 Å². The highest BCUT2D eigenvalue weighted by Gasteiger charge is 2.12. The van der Waals surface area contributed by atoms with E-state index in [1.165, 1.54) is 7.05 Å². The molecule has 0 spiro atoms. The van der Waals surface area contributed by atoms with E-state index in [1.54, 1.807) is 24.3 Å². The van der Waals surface area contributed by atoms with Gasteiger partial charge >= 0.3 is 0 Å². The maximum Gasteiger partial charge on any atom is 0.240 e. The number of hydrogen-bond acceptors (Lipinski definition) is 4. The Kier molecular flexibility index (Phi) is 6.33. The zero-order chi connectivity index (χ0) is 18.4. The van der Waals surface area contributed by atoms with Crippen LogP contribution in [0.25, 0.3) is 0 Å². The summed E-state index contributed by atoms with van der Waals surface area (Å²) in [5.74, 6) is -0.0355. The molecule has 2 aromatic rings. The highest BCUT2D eigenvalue weighted by Crippen LogP contribution is 2.11. The minimum atomic E-state index is -3.43. The zero-order valence-electron chi connectivity index (χ0n) is 14.7. The molecule has 0 unspecified atom stereocenters. The minimum absolute atomic E-state index is 0.00153. The molecule has 0 aliphatic heterocycles. The summed E-state index contributed by atoms with van der Waals surface area (Å²) in [5, 5.41) is 10.00. The number of sulfonamides is 1. The molecule has 1 heterocycles. The largest absolute Gasteiger partial charge is 0.353 e. The lowest BCUT2D eigenvalue weighted by Crippen LogP contribution is -2.34. The Morgan fingerprint density at radius 1 is 1.28 bits per heavy atom. The molecule has 0 aliphatic rings. The molecule has 0 radical (unpaired) electrons. The van der Waals surface area contributed by atoms with Crippen LogP contribution in [0.2, 0.25) is 0 Å². The number of aromatic nitrogens is 2. The fraction of sp³-hybridized carbons (Fsp3) is 0.412. The monoisotopic (exact) mass is 364 g/mol. The Bertz CT molecular complexity index is 813. The smallest absolute Gasteiger partial charge is 0.240 e. The first-order valence-corrected chi connectivity index (χ1v) is 9.61. The van der Waals surface area contributed by atoms with Gasteiger partial charge in [-0.05, 0) is 51.1 Å². The van der Waals surface area contributed by atoms with Crippen molar-refractivity contribution in [1.29, 1.82) is 0 Å². The molecule has 8 heteroatoms. The van der Waals surface area contributed by atoms with Gasteiger partial charge in [-0.1, -0.05) is 12.1 Å². The van der Waals surface area contributed by atoms with Crippen molar-refractivity contribution in [1.82, 2.24) is 20.2 Å². The van der Waals surface area contributed by atoms with Gasteiger partial charge in [0.25, 0.3) is 0 Å². The molecule has 0 aliphatic carbocycles. The first kappa shape index (κ1) is 19.1. The van der Waals surface area contributed by atoms with E-state index in [2.05, 4.69) is 20.2 Å². The van der Waals surface area contributed by atoms with E-state index < -0.39 is 10.0 Å². The second-order valence-electron chi connectivity index (χ2n) is 6.07. The summed E-state index contributed by atoms with van der Waals surface area (Å²) in [6.07, 6.45) is 1.58. The summed E-state index contributed by atoms with van der Waals surface area (Å²) in [5.41, 5.74) is 2.84. The van der Waals surface area contributed by atoms with E-state index in [1.807, 2.05) is 19.9 Å². The summed E-state index contributed by atoms with van der Waals surface area (Å²) in [6.45, 7) is 3.88.